The number of imidazole rings is 1. The van der Waals surface area contributed by atoms with Crippen molar-refractivity contribution in [2.45, 2.75) is 51.5 Å². The summed E-state index contributed by atoms with van der Waals surface area (Å²) in [5.74, 6) is 0.784. The first-order chi connectivity index (χ1) is 17.8. The standard InChI is InChI=1S/C25H31N7O4S/c1-4-6-21-26-22-23(17(2)18(3)32-24(22)27-28-29-32)31(21)11-5-16-37(34,35)20-9-7-19(8-10-20)25(33)30-12-14-36-15-13-30/h7-10H,4-6,11-16H2,1-3H3. The van der Waals surface area contributed by atoms with Crippen molar-refractivity contribution in [3.8, 4) is 0 Å². The number of hydrogen-bond acceptors (Lipinski definition) is 8. The molecular weight excluding hydrogens is 494 g/mol. The van der Waals surface area contributed by atoms with Crippen LogP contribution in [0.2, 0.25) is 0 Å². The molecule has 0 atom stereocenters. The Bertz CT molecular complexity index is 1550. The topological polar surface area (TPSA) is 125 Å². The van der Waals surface area contributed by atoms with Gasteiger partial charge in [-0.2, -0.15) is 4.52 Å². The highest BCUT2D eigenvalue weighted by molar-refractivity contribution is 7.91. The number of carbonyl (C=O) groups is 1. The first-order valence-electron chi connectivity index (χ1n) is 12.6. The van der Waals surface area contributed by atoms with Crippen molar-refractivity contribution in [1.82, 2.24) is 34.5 Å². The van der Waals surface area contributed by atoms with E-state index in [2.05, 4.69) is 27.0 Å². The van der Waals surface area contributed by atoms with Crippen molar-refractivity contribution in [3.63, 3.8) is 0 Å². The van der Waals surface area contributed by atoms with E-state index in [-0.39, 0.29) is 16.6 Å². The minimum Gasteiger partial charge on any atom is -0.378 e. The molecule has 12 heteroatoms. The number of sulfone groups is 1. The molecule has 11 nitrogen and oxygen atoms in total. The monoisotopic (exact) mass is 525 g/mol. The summed E-state index contributed by atoms with van der Waals surface area (Å²) in [6.07, 6.45) is 2.11. The molecule has 37 heavy (non-hydrogen) atoms. The van der Waals surface area contributed by atoms with Gasteiger partial charge in [0.25, 0.3) is 5.91 Å². The van der Waals surface area contributed by atoms with Crippen LogP contribution < -0.4 is 0 Å². The highest BCUT2D eigenvalue weighted by atomic mass is 32.2. The normalized spacial score (nSPS) is 14.6. The third-order valence-corrected chi connectivity index (χ3v) is 8.79. The molecule has 0 radical (unpaired) electrons. The molecule has 1 fully saturated rings. The van der Waals surface area contributed by atoms with Gasteiger partial charge in [-0.25, -0.2) is 13.4 Å². The molecular formula is C25H31N7O4S. The van der Waals surface area contributed by atoms with Gasteiger partial charge in [0, 0.05) is 37.3 Å². The van der Waals surface area contributed by atoms with Crippen LogP contribution in [0.25, 0.3) is 16.7 Å². The van der Waals surface area contributed by atoms with E-state index in [1.165, 1.54) is 12.1 Å². The van der Waals surface area contributed by atoms with E-state index in [4.69, 9.17) is 9.72 Å². The van der Waals surface area contributed by atoms with E-state index in [0.717, 1.165) is 41.0 Å². The zero-order valence-electron chi connectivity index (χ0n) is 21.3. The number of fused-ring (bicyclic) bond motifs is 3. The lowest BCUT2D eigenvalue weighted by Gasteiger charge is -2.26. The van der Waals surface area contributed by atoms with Crippen LogP contribution in [0, 0.1) is 13.8 Å². The molecule has 0 unspecified atom stereocenters. The molecule has 1 saturated heterocycles. The molecule has 1 aliphatic rings. The van der Waals surface area contributed by atoms with Crippen LogP contribution in [0.1, 0.15) is 47.2 Å². The number of ether oxygens (including phenoxy) is 1. The molecule has 1 aromatic carbocycles. The van der Waals surface area contributed by atoms with Gasteiger partial charge >= 0.3 is 0 Å². The number of hydrogen-bond donors (Lipinski definition) is 0. The zero-order chi connectivity index (χ0) is 26.2. The number of rotatable bonds is 8. The Morgan fingerprint density at radius 3 is 2.54 bits per heavy atom. The smallest absolute Gasteiger partial charge is 0.254 e. The summed E-state index contributed by atoms with van der Waals surface area (Å²) in [4.78, 5) is 19.5. The minimum absolute atomic E-state index is 0.0121. The van der Waals surface area contributed by atoms with E-state index in [9.17, 15) is 13.2 Å². The highest BCUT2D eigenvalue weighted by Crippen LogP contribution is 2.27. The maximum absolute atomic E-state index is 13.1. The SMILES string of the molecule is CCCc1nc2c(c(C)c(C)n3nnnc23)n1CCCS(=O)(=O)c1ccc(C(=O)N2CCOCC2)cc1. The largest absolute Gasteiger partial charge is 0.378 e. The maximum atomic E-state index is 13.1. The van der Waals surface area contributed by atoms with E-state index in [0.29, 0.717) is 50.5 Å². The highest BCUT2D eigenvalue weighted by Gasteiger charge is 2.22. The van der Waals surface area contributed by atoms with Crippen LogP contribution in [-0.4, -0.2) is 80.9 Å². The van der Waals surface area contributed by atoms with E-state index >= 15 is 0 Å². The summed E-state index contributed by atoms with van der Waals surface area (Å²) in [6.45, 7) is 8.70. The molecule has 4 aromatic rings. The maximum Gasteiger partial charge on any atom is 0.254 e. The van der Waals surface area contributed by atoms with Crippen LogP contribution in [0.4, 0.5) is 0 Å². The second kappa shape index (κ2) is 10.2. The van der Waals surface area contributed by atoms with Crippen molar-refractivity contribution in [1.29, 1.82) is 0 Å². The molecule has 4 heterocycles. The van der Waals surface area contributed by atoms with Gasteiger partial charge in [0.05, 0.1) is 29.4 Å². The van der Waals surface area contributed by atoms with Crippen molar-refractivity contribution in [3.05, 3.63) is 46.9 Å². The molecule has 0 bridgehead atoms. The van der Waals surface area contributed by atoms with Crippen LogP contribution in [0.15, 0.2) is 29.2 Å². The minimum atomic E-state index is -3.52. The third-order valence-electron chi connectivity index (χ3n) is 6.97. The van der Waals surface area contributed by atoms with E-state index in [1.807, 2.05) is 13.8 Å². The lowest BCUT2D eigenvalue weighted by Crippen LogP contribution is -2.40. The van der Waals surface area contributed by atoms with Gasteiger partial charge < -0.3 is 14.2 Å². The summed E-state index contributed by atoms with van der Waals surface area (Å²) in [7, 11) is -3.52. The Morgan fingerprint density at radius 1 is 1.11 bits per heavy atom. The van der Waals surface area contributed by atoms with Gasteiger partial charge in [-0.15, -0.1) is 5.10 Å². The average molecular weight is 526 g/mol. The third kappa shape index (κ3) is 4.71. The van der Waals surface area contributed by atoms with Crippen LogP contribution in [-0.2, 0) is 27.5 Å². The Labute approximate surface area is 215 Å². The molecule has 0 N–H and O–H groups in total. The van der Waals surface area contributed by atoms with Gasteiger partial charge in [-0.3, -0.25) is 4.79 Å². The Balaban J connectivity index is 1.34. The molecule has 0 spiro atoms. The number of nitrogens with zero attached hydrogens (tertiary/aromatic N) is 7. The van der Waals surface area contributed by atoms with Gasteiger partial charge in [-0.05, 0) is 66.9 Å². The number of amides is 1. The number of aromatic nitrogens is 6. The Morgan fingerprint density at radius 2 is 1.84 bits per heavy atom. The number of carbonyl (C=O) groups excluding carboxylic acids is 1. The van der Waals surface area contributed by atoms with Crippen molar-refractivity contribution in [2.75, 3.05) is 32.1 Å². The first kappa shape index (κ1) is 25.3. The quantitative estimate of drug-likeness (QED) is 0.343. The molecule has 196 valence electrons. The summed E-state index contributed by atoms with van der Waals surface area (Å²) in [6, 6.07) is 6.25. The van der Waals surface area contributed by atoms with E-state index < -0.39 is 9.84 Å². The fourth-order valence-corrected chi connectivity index (χ4v) is 6.16. The second-order valence-electron chi connectivity index (χ2n) is 9.35. The van der Waals surface area contributed by atoms with Crippen molar-refractivity contribution >= 4 is 32.4 Å². The van der Waals surface area contributed by atoms with E-state index in [1.54, 1.807) is 21.5 Å². The second-order valence-corrected chi connectivity index (χ2v) is 11.5. The summed E-state index contributed by atoms with van der Waals surface area (Å²) < 4.78 is 35.3. The van der Waals surface area contributed by atoms with Gasteiger partial charge in [0.2, 0.25) is 5.65 Å². The zero-order valence-corrected chi connectivity index (χ0v) is 22.2. The predicted octanol–water partition coefficient (Wildman–Crippen LogP) is 2.38. The average Bonchev–Trinajstić information content (AvgIpc) is 3.53. The molecule has 1 amide bonds. The Hall–Kier alpha value is -3.38. The van der Waals surface area contributed by atoms with Gasteiger partial charge in [0.1, 0.15) is 11.3 Å². The lowest BCUT2D eigenvalue weighted by molar-refractivity contribution is 0.0303. The molecule has 3 aromatic heterocycles. The number of benzene rings is 1. The summed E-state index contributed by atoms with van der Waals surface area (Å²) in [5, 5.41) is 12.1. The summed E-state index contributed by atoms with van der Waals surface area (Å²) in [5.41, 5.74) is 4.72. The van der Waals surface area contributed by atoms with Crippen molar-refractivity contribution < 1.29 is 17.9 Å². The van der Waals surface area contributed by atoms with Gasteiger partial charge in [0.15, 0.2) is 9.84 Å². The van der Waals surface area contributed by atoms with Crippen LogP contribution in [0.5, 0.6) is 0 Å². The molecule has 0 saturated carbocycles. The fraction of sp³-hybridized carbons (Fsp3) is 0.480. The first-order valence-corrected chi connectivity index (χ1v) is 14.2. The molecule has 1 aliphatic heterocycles. The summed E-state index contributed by atoms with van der Waals surface area (Å²) >= 11 is 0. The van der Waals surface area contributed by atoms with Gasteiger partial charge in [-0.1, -0.05) is 6.92 Å². The van der Waals surface area contributed by atoms with Crippen molar-refractivity contribution in [2.24, 2.45) is 0 Å². The Kier molecular flexibility index (Phi) is 6.95. The number of aryl methyl sites for hydroxylation is 4. The molecule has 5 rings (SSSR count). The number of morpholine rings is 1. The number of pyridine rings is 1. The molecule has 0 aliphatic carbocycles. The number of tetrazole rings is 1. The lowest BCUT2D eigenvalue weighted by atomic mass is 10.2. The van der Waals surface area contributed by atoms with Crippen LogP contribution >= 0.6 is 0 Å². The fourth-order valence-electron chi connectivity index (χ4n) is 4.87. The predicted molar refractivity (Wildman–Crippen MR) is 137 cm³/mol. The van der Waals surface area contributed by atoms with Crippen LogP contribution in [0.3, 0.4) is 0 Å².